The molecule has 0 fully saturated rings. The average Bonchev–Trinajstić information content (AvgIpc) is 2.34. The molecular formula is C13H12BrFN2O. The van der Waals surface area contributed by atoms with E-state index in [-0.39, 0.29) is 5.82 Å². The van der Waals surface area contributed by atoms with E-state index in [0.29, 0.717) is 22.6 Å². The Balaban J connectivity index is 2.20. The maximum Gasteiger partial charge on any atom is 0.219 e. The highest BCUT2D eigenvalue weighted by atomic mass is 79.9. The number of aromatic nitrogens is 1. The Kier molecular flexibility index (Phi) is 4.28. The van der Waals surface area contributed by atoms with Crippen LogP contribution in [0.25, 0.3) is 0 Å². The van der Waals surface area contributed by atoms with E-state index >= 15 is 0 Å². The van der Waals surface area contributed by atoms with Crippen molar-refractivity contribution in [3.63, 3.8) is 0 Å². The SMILES string of the molecule is CNCc1cccc(Oc2ccc(F)cc2Br)n1. The van der Waals surface area contributed by atoms with Crippen LogP contribution in [-0.4, -0.2) is 12.0 Å². The molecule has 1 aromatic carbocycles. The van der Waals surface area contributed by atoms with Crippen LogP contribution in [-0.2, 0) is 6.54 Å². The largest absolute Gasteiger partial charge is 0.438 e. The fourth-order valence-electron chi connectivity index (χ4n) is 1.46. The van der Waals surface area contributed by atoms with Crippen molar-refractivity contribution in [1.29, 1.82) is 0 Å². The monoisotopic (exact) mass is 310 g/mol. The van der Waals surface area contributed by atoms with Gasteiger partial charge in [-0.15, -0.1) is 0 Å². The second kappa shape index (κ2) is 5.93. The third kappa shape index (κ3) is 3.27. The van der Waals surface area contributed by atoms with Gasteiger partial charge in [0, 0.05) is 12.6 Å². The molecule has 5 heteroatoms. The van der Waals surface area contributed by atoms with Crippen molar-refractivity contribution in [2.24, 2.45) is 0 Å². The lowest BCUT2D eigenvalue weighted by molar-refractivity contribution is 0.455. The molecule has 0 radical (unpaired) electrons. The molecule has 3 nitrogen and oxygen atoms in total. The quantitative estimate of drug-likeness (QED) is 0.938. The Labute approximate surface area is 113 Å². The summed E-state index contributed by atoms with van der Waals surface area (Å²) in [6.07, 6.45) is 0. The fraction of sp³-hybridized carbons (Fsp3) is 0.154. The van der Waals surface area contributed by atoms with Gasteiger partial charge >= 0.3 is 0 Å². The zero-order valence-corrected chi connectivity index (χ0v) is 11.4. The van der Waals surface area contributed by atoms with Crippen LogP contribution in [0.4, 0.5) is 4.39 Å². The van der Waals surface area contributed by atoms with Crippen molar-refractivity contribution in [2.75, 3.05) is 7.05 Å². The van der Waals surface area contributed by atoms with Crippen LogP contribution in [0.15, 0.2) is 40.9 Å². The van der Waals surface area contributed by atoms with Gasteiger partial charge < -0.3 is 10.1 Å². The van der Waals surface area contributed by atoms with Crippen LogP contribution in [0, 0.1) is 5.82 Å². The normalized spacial score (nSPS) is 10.4. The van der Waals surface area contributed by atoms with Crippen molar-refractivity contribution >= 4 is 15.9 Å². The number of ether oxygens (including phenoxy) is 1. The molecule has 0 spiro atoms. The Morgan fingerprint density at radius 3 is 2.89 bits per heavy atom. The predicted molar refractivity (Wildman–Crippen MR) is 71.2 cm³/mol. The molecule has 0 aliphatic carbocycles. The van der Waals surface area contributed by atoms with Gasteiger partial charge in [0.25, 0.3) is 0 Å². The third-order valence-corrected chi connectivity index (χ3v) is 2.87. The molecule has 0 amide bonds. The summed E-state index contributed by atoms with van der Waals surface area (Å²) in [5.41, 5.74) is 0.883. The van der Waals surface area contributed by atoms with Gasteiger partial charge in [0.15, 0.2) is 0 Å². The lowest BCUT2D eigenvalue weighted by atomic mass is 10.3. The molecule has 0 aliphatic rings. The van der Waals surface area contributed by atoms with Gasteiger partial charge in [-0.05, 0) is 47.2 Å². The summed E-state index contributed by atoms with van der Waals surface area (Å²) in [6, 6.07) is 9.79. The van der Waals surface area contributed by atoms with E-state index in [9.17, 15) is 4.39 Å². The highest BCUT2D eigenvalue weighted by molar-refractivity contribution is 9.10. The number of hydrogen-bond donors (Lipinski definition) is 1. The maximum atomic E-state index is 12.9. The fourth-order valence-corrected chi connectivity index (χ4v) is 1.90. The molecule has 0 unspecified atom stereocenters. The van der Waals surface area contributed by atoms with Crippen molar-refractivity contribution in [2.45, 2.75) is 6.54 Å². The standard InChI is InChI=1S/C13H12BrFN2O/c1-16-8-10-3-2-4-13(17-10)18-12-6-5-9(15)7-11(12)14/h2-7,16H,8H2,1H3. The van der Waals surface area contributed by atoms with E-state index in [1.165, 1.54) is 12.1 Å². The molecule has 2 rings (SSSR count). The van der Waals surface area contributed by atoms with Crippen LogP contribution in [0.2, 0.25) is 0 Å². The Bertz CT molecular complexity index is 548. The van der Waals surface area contributed by atoms with Crippen LogP contribution in [0.3, 0.4) is 0 Å². The summed E-state index contributed by atoms with van der Waals surface area (Å²) in [4.78, 5) is 4.32. The van der Waals surface area contributed by atoms with Crippen molar-refractivity contribution in [3.8, 4) is 11.6 Å². The van der Waals surface area contributed by atoms with Gasteiger partial charge in [-0.25, -0.2) is 9.37 Å². The molecular weight excluding hydrogens is 299 g/mol. The van der Waals surface area contributed by atoms with Crippen LogP contribution in [0.1, 0.15) is 5.69 Å². The lowest BCUT2D eigenvalue weighted by Crippen LogP contribution is -2.06. The predicted octanol–water partition coefficient (Wildman–Crippen LogP) is 3.49. The number of benzene rings is 1. The summed E-state index contributed by atoms with van der Waals surface area (Å²) >= 11 is 3.25. The first-order valence-electron chi connectivity index (χ1n) is 5.42. The number of nitrogens with zero attached hydrogens (tertiary/aromatic N) is 1. The van der Waals surface area contributed by atoms with E-state index in [4.69, 9.17) is 4.74 Å². The van der Waals surface area contributed by atoms with Crippen molar-refractivity contribution < 1.29 is 9.13 Å². The van der Waals surface area contributed by atoms with Crippen LogP contribution < -0.4 is 10.1 Å². The van der Waals surface area contributed by atoms with E-state index in [1.54, 1.807) is 12.1 Å². The highest BCUT2D eigenvalue weighted by Gasteiger charge is 2.05. The molecule has 0 bridgehead atoms. The molecule has 1 heterocycles. The first-order valence-corrected chi connectivity index (χ1v) is 6.22. The zero-order valence-electron chi connectivity index (χ0n) is 9.78. The Morgan fingerprint density at radius 2 is 2.17 bits per heavy atom. The topological polar surface area (TPSA) is 34.1 Å². The number of hydrogen-bond acceptors (Lipinski definition) is 3. The Morgan fingerprint density at radius 1 is 1.33 bits per heavy atom. The van der Waals surface area contributed by atoms with Crippen LogP contribution in [0.5, 0.6) is 11.6 Å². The van der Waals surface area contributed by atoms with Gasteiger partial charge in [0.05, 0.1) is 10.2 Å². The molecule has 1 N–H and O–H groups in total. The second-order valence-electron chi connectivity index (χ2n) is 3.67. The van der Waals surface area contributed by atoms with E-state index < -0.39 is 0 Å². The minimum absolute atomic E-state index is 0.314. The van der Waals surface area contributed by atoms with Gasteiger partial charge in [-0.3, -0.25) is 0 Å². The summed E-state index contributed by atoms with van der Waals surface area (Å²) in [5, 5.41) is 3.02. The van der Waals surface area contributed by atoms with Gasteiger partial charge in [-0.2, -0.15) is 0 Å². The number of rotatable bonds is 4. The van der Waals surface area contributed by atoms with E-state index in [2.05, 4.69) is 26.2 Å². The molecule has 18 heavy (non-hydrogen) atoms. The van der Waals surface area contributed by atoms with Gasteiger partial charge in [0.1, 0.15) is 11.6 Å². The zero-order chi connectivity index (χ0) is 13.0. The molecule has 0 saturated carbocycles. The molecule has 94 valence electrons. The minimum atomic E-state index is -0.314. The first kappa shape index (κ1) is 13.0. The summed E-state index contributed by atoms with van der Waals surface area (Å²) in [6.45, 7) is 0.668. The molecule has 2 aromatic rings. The average molecular weight is 311 g/mol. The second-order valence-corrected chi connectivity index (χ2v) is 4.53. The van der Waals surface area contributed by atoms with E-state index in [1.807, 2.05) is 19.2 Å². The Hall–Kier alpha value is -1.46. The molecule has 0 atom stereocenters. The molecule has 1 aromatic heterocycles. The first-order chi connectivity index (χ1) is 8.69. The molecule has 0 saturated heterocycles. The van der Waals surface area contributed by atoms with Crippen LogP contribution >= 0.6 is 15.9 Å². The number of nitrogens with one attached hydrogen (secondary N) is 1. The summed E-state index contributed by atoms with van der Waals surface area (Å²) in [5.74, 6) is 0.701. The van der Waals surface area contributed by atoms with Crippen molar-refractivity contribution in [3.05, 3.63) is 52.4 Å². The van der Waals surface area contributed by atoms with Gasteiger partial charge in [-0.1, -0.05) is 6.07 Å². The smallest absolute Gasteiger partial charge is 0.219 e. The number of pyridine rings is 1. The summed E-state index contributed by atoms with van der Waals surface area (Å²) < 4.78 is 19.1. The van der Waals surface area contributed by atoms with Gasteiger partial charge in [0.2, 0.25) is 5.88 Å². The lowest BCUT2D eigenvalue weighted by Gasteiger charge is -2.08. The van der Waals surface area contributed by atoms with E-state index in [0.717, 1.165) is 5.69 Å². The van der Waals surface area contributed by atoms with Crippen molar-refractivity contribution in [1.82, 2.24) is 10.3 Å². The minimum Gasteiger partial charge on any atom is -0.438 e. The highest BCUT2D eigenvalue weighted by Crippen LogP contribution is 2.29. The summed E-state index contributed by atoms with van der Waals surface area (Å²) in [7, 11) is 1.85. The third-order valence-electron chi connectivity index (χ3n) is 2.25. The number of halogens is 2. The molecule has 0 aliphatic heterocycles. The maximum absolute atomic E-state index is 12.9.